The first-order valence-corrected chi connectivity index (χ1v) is 5.11. The summed E-state index contributed by atoms with van der Waals surface area (Å²) in [5, 5.41) is 0. The Kier molecular flexibility index (Phi) is 2.91. The van der Waals surface area contributed by atoms with Crippen molar-refractivity contribution in [1.29, 1.82) is 0 Å². The summed E-state index contributed by atoms with van der Waals surface area (Å²) < 4.78 is 19.0. The van der Waals surface area contributed by atoms with Gasteiger partial charge in [0, 0.05) is 24.1 Å². The minimum Gasteiger partial charge on any atom is -0.357 e. The second-order valence-electron chi connectivity index (χ2n) is 4.02. The number of aryl methyl sites for hydroxylation is 1. The van der Waals surface area contributed by atoms with Crippen LogP contribution >= 0.6 is 0 Å². The molecule has 0 radical (unpaired) electrons. The number of alkyl halides is 1. The molecule has 1 N–H and O–H groups in total. The molecule has 0 saturated carbocycles. The summed E-state index contributed by atoms with van der Waals surface area (Å²) in [6.45, 7) is 1.47. The Balaban J connectivity index is 2.32. The van der Waals surface area contributed by atoms with Gasteiger partial charge in [-0.15, -0.1) is 0 Å². The number of aromatic amines is 1. The monoisotopic (exact) mass is 228 g/mol. The van der Waals surface area contributed by atoms with Crippen LogP contribution in [-0.2, 0) is 4.74 Å². The number of H-pyrrole nitrogens is 1. The highest BCUT2D eigenvalue weighted by atomic mass is 19.1. The molecule has 2 atom stereocenters. The molecule has 0 amide bonds. The summed E-state index contributed by atoms with van der Waals surface area (Å²) in [6.07, 6.45) is 1.44. The van der Waals surface area contributed by atoms with E-state index in [9.17, 15) is 14.0 Å². The van der Waals surface area contributed by atoms with Crippen LogP contribution in [0.4, 0.5) is 4.39 Å². The first-order valence-electron chi connectivity index (χ1n) is 5.11. The van der Waals surface area contributed by atoms with Crippen molar-refractivity contribution in [1.82, 2.24) is 9.55 Å². The van der Waals surface area contributed by atoms with E-state index in [1.54, 1.807) is 6.92 Å². The topological polar surface area (TPSA) is 64.1 Å². The second-order valence-corrected chi connectivity index (χ2v) is 4.02. The highest BCUT2D eigenvalue weighted by Crippen LogP contribution is 2.26. The third-order valence-electron chi connectivity index (χ3n) is 2.73. The Morgan fingerprint density at radius 3 is 3.00 bits per heavy atom. The molecule has 16 heavy (non-hydrogen) atoms. The summed E-state index contributed by atoms with van der Waals surface area (Å²) >= 11 is 0. The lowest BCUT2D eigenvalue weighted by Gasteiger charge is -2.12. The minimum absolute atomic E-state index is 0.163. The molecule has 0 spiro atoms. The SMILES string of the molecule is Cc1cn([C@H]2C[C@H](CF)CO2)c(=O)[nH]c1=O. The Labute approximate surface area is 90.9 Å². The quantitative estimate of drug-likeness (QED) is 0.794. The van der Waals surface area contributed by atoms with Crippen LogP contribution in [0.1, 0.15) is 18.2 Å². The molecule has 2 heterocycles. The zero-order valence-electron chi connectivity index (χ0n) is 8.90. The van der Waals surface area contributed by atoms with Crippen LogP contribution in [0, 0.1) is 12.8 Å². The molecule has 88 valence electrons. The third-order valence-corrected chi connectivity index (χ3v) is 2.73. The van der Waals surface area contributed by atoms with Gasteiger partial charge in [0.25, 0.3) is 5.56 Å². The van der Waals surface area contributed by atoms with E-state index >= 15 is 0 Å². The van der Waals surface area contributed by atoms with Crippen molar-refractivity contribution < 1.29 is 9.13 Å². The Morgan fingerprint density at radius 2 is 2.38 bits per heavy atom. The summed E-state index contributed by atoms with van der Waals surface area (Å²) in [5.74, 6) is -0.163. The fourth-order valence-corrected chi connectivity index (χ4v) is 1.77. The standard InChI is InChI=1S/C10H13FN2O3/c1-6-4-13(10(15)12-9(6)14)8-2-7(3-11)5-16-8/h4,7-8H,2-3,5H2,1H3,(H,12,14,15)/t7-,8-/m1/s1. The molecular weight excluding hydrogens is 215 g/mol. The van der Waals surface area contributed by atoms with Crippen LogP contribution in [0.5, 0.6) is 0 Å². The van der Waals surface area contributed by atoms with Gasteiger partial charge in [-0.05, 0) is 6.92 Å². The normalized spacial score (nSPS) is 24.9. The lowest BCUT2D eigenvalue weighted by atomic mass is 10.1. The van der Waals surface area contributed by atoms with Gasteiger partial charge in [-0.3, -0.25) is 18.7 Å². The number of rotatable bonds is 2. The van der Waals surface area contributed by atoms with Crippen molar-refractivity contribution in [2.75, 3.05) is 13.3 Å². The average molecular weight is 228 g/mol. The van der Waals surface area contributed by atoms with Gasteiger partial charge in [0.15, 0.2) is 0 Å². The van der Waals surface area contributed by atoms with Crippen LogP contribution in [-0.4, -0.2) is 22.8 Å². The van der Waals surface area contributed by atoms with Crippen LogP contribution in [0.15, 0.2) is 15.8 Å². The molecule has 6 heteroatoms. The molecule has 0 aliphatic carbocycles. The largest absolute Gasteiger partial charge is 0.357 e. The van der Waals surface area contributed by atoms with E-state index in [0.29, 0.717) is 18.6 Å². The van der Waals surface area contributed by atoms with Gasteiger partial charge in [-0.1, -0.05) is 0 Å². The van der Waals surface area contributed by atoms with E-state index in [2.05, 4.69) is 4.98 Å². The summed E-state index contributed by atoms with van der Waals surface area (Å²) in [7, 11) is 0. The number of ether oxygens (including phenoxy) is 1. The first kappa shape index (κ1) is 11.1. The number of hydrogen-bond acceptors (Lipinski definition) is 3. The molecule has 1 saturated heterocycles. The smallest absolute Gasteiger partial charge is 0.330 e. The number of halogens is 1. The van der Waals surface area contributed by atoms with Crippen LogP contribution in [0.25, 0.3) is 0 Å². The van der Waals surface area contributed by atoms with Crippen LogP contribution in [0.3, 0.4) is 0 Å². The lowest BCUT2D eigenvalue weighted by Crippen LogP contribution is -2.33. The fourth-order valence-electron chi connectivity index (χ4n) is 1.77. The van der Waals surface area contributed by atoms with Crippen molar-refractivity contribution in [2.24, 2.45) is 5.92 Å². The molecule has 1 fully saturated rings. The van der Waals surface area contributed by atoms with Crippen molar-refractivity contribution in [3.8, 4) is 0 Å². The van der Waals surface area contributed by atoms with Crippen molar-refractivity contribution >= 4 is 0 Å². The third kappa shape index (κ3) is 1.92. The number of nitrogens with one attached hydrogen (secondary N) is 1. The predicted octanol–water partition coefficient (Wildman–Crippen LogP) is 0.350. The van der Waals surface area contributed by atoms with E-state index in [1.165, 1.54) is 10.8 Å². The van der Waals surface area contributed by atoms with E-state index in [0.717, 1.165) is 0 Å². The van der Waals surface area contributed by atoms with Gasteiger partial charge in [0.05, 0.1) is 13.3 Å². The number of nitrogens with zero attached hydrogens (tertiary/aromatic N) is 1. The van der Waals surface area contributed by atoms with Gasteiger partial charge in [-0.2, -0.15) is 0 Å². The summed E-state index contributed by atoms with van der Waals surface area (Å²) in [5.41, 5.74) is -0.478. The van der Waals surface area contributed by atoms with Crippen LogP contribution < -0.4 is 11.2 Å². The lowest BCUT2D eigenvalue weighted by molar-refractivity contribution is 0.0498. The molecule has 1 aromatic heterocycles. The maximum absolute atomic E-state index is 12.4. The number of hydrogen-bond donors (Lipinski definition) is 1. The van der Waals surface area contributed by atoms with E-state index < -0.39 is 24.2 Å². The van der Waals surface area contributed by atoms with E-state index in [4.69, 9.17) is 4.74 Å². The fraction of sp³-hybridized carbons (Fsp3) is 0.600. The van der Waals surface area contributed by atoms with Crippen molar-refractivity contribution in [3.63, 3.8) is 0 Å². The van der Waals surface area contributed by atoms with Gasteiger partial charge in [0.1, 0.15) is 6.23 Å². The molecule has 0 unspecified atom stereocenters. The Morgan fingerprint density at radius 1 is 1.62 bits per heavy atom. The molecule has 1 aliphatic rings. The maximum atomic E-state index is 12.4. The van der Waals surface area contributed by atoms with Gasteiger partial charge >= 0.3 is 5.69 Å². The molecular formula is C10H13FN2O3. The van der Waals surface area contributed by atoms with Gasteiger partial charge in [0.2, 0.25) is 0 Å². The predicted molar refractivity (Wildman–Crippen MR) is 55.1 cm³/mol. The van der Waals surface area contributed by atoms with Crippen molar-refractivity contribution in [2.45, 2.75) is 19.6 Å². The molecule has 0 aromatic carbocycles. The number of aromatic nitrogens is 2. The molecule has 1 aromatic rings. The van der Waals surface area contributed by atoms with E-state index in [1.807, 2.05) is 0 Å². The molecule has 2 rings (SSSR count). The zero-order valence-corrected chi connectivity index (χ0v) is 8.90. The zero-order chi connectivity index (χ0) is 11.7. The van der Waals surface area contributed by atoms with E-state index in [-0.39, 0.29) is 5.92 Å². The summed E-state index contributed by atoms with van der Waals surface area (Å²) in [6, 6.07) is 0. The molecule has 5 nitrogen and oxygen atoms in total. The minimum atomic E-state index is -0.514. The highest BCUT2D eigenvalue weighted by molar-refractivity contribution is 5.01. The molecule has 1 aliphatic heterocycles. The highest BCUT2D eigenvalue weighted by Gasteiger charge is 2.27. The maximum Gasteiger partial charge on any atom is 0.330 e. The van der Waals surface area contributed by atoms with Gasteiger partial charge in [-0.25, -0.2) is 4.79 Å². The van der Waals surface area contributed by atoms with Crippen LogP contribution in [0.2, 0.25) is 0 Å². The first-order chi connectivity index (χ1) is 7.61. The summed E-state index contributed by atoms with van der Waals surface area (Å²) in [4.78, 5) is 24.9. The Bertz CT molecular complexity index is 494. The van der Waals surface area contributed by atoms with Crippen molar-refractivity contribution in [3.05, 3.63) is 32.6 Å². The average Bonchev–Trinajstić information content (AvgIpc) is 2.71. The molecule has 0 bridgehead atoms. The second kappa shape index (κ2) is 4.21. The van der Waals surface area contributed by atoms with Gasteiger partial charge < -0.3 is 4.74 Å². The Hall–Kier alpha value is -1.43.